The molecule has 0 unspecified atom stereocenters. The average Bonchev–Trinajstić information content (AvgIpc) is 3.12. The number of carbonyl (C=O) groups is 3. The van der Waals surface area contributed by atoms with E-state index in [-0.39, 0.29) is 17.7 Å². The van der Waals surface area contributed by atoms with Crippen LogP contribution in [0.3, 0.4) is 0 Å². The maximum atomic E-state index is 14.8. The van der Waals surface area contributed by atoms with Crippen molar-refractivity contribution >= 4 is 46.4 Å². The summed E-state index contributed by atoms with van der Waals surface area (Å²) >= 11 is 6.48. The minimum Gasteiger partial charge on any atom is -0.291 e. The number of halogens is 1. The maximum absolute atomic E-state index is 14.8. The number of carbonyl (C=O) groups excluding carboxylic acids is 3. The molecular weight excluding hydrogens is 474 g/mol. The topological polar surface area (TPSA) is 60.9 Å². The number of hydrogen-bond acceptors (Lipinski definition) is 3. The number of anilines is 3. The summed E-state index contributed by atoms with van der Waals surface area (Å²) < 4.78 is 0. The molecule has 0 aromatic heterocycles. The van der Waals surface area contributed by atoms with E-state index in [0.717, 1.165) is 5.69 Å². The quantitative estimate of drug-likeness (QED) is 0.456. The van der Waals surface area contributed by atoms with Crippen molar-refractivity contribution in [3.63, 3.8) is 0 Å². The minimum absolute atomic E-state index is 0.0631. The highest BCUT2D eigenvalue weighted by Crippen LogP contribution is 2.64. The predicted octanol–water partition coefficient (Wildman–Crippen LogP) is 5.35. The molecular formula is C29H26ClN3O3. The van der Waals surface area contributed by atoms with Crippen LogP contribution >= 0.6 is 11.6 Å². The van der Waals surface area contributed by atoms with Crippen LogP contribution < -0.4 is 14.7 Å². The highest BCUT2D eigenvalue weighted by atomic mass is 35.5. The molecule has 182 valence electrons. The summed E-state index contributed by atoms with van der Waals surface area (Å²) in [6.45, 7) is 7.35. The molecule has 7 heteroatoms. The molecule has 6 rings (SSSR count). The molecule has 2 fully saturated rings. The number of fused-ring (bicyclic) bond motifs is 2. The molecule has 0 aliphatic carbocycles. The molecule has 0 bridgehead atoms. The number of β-lactam (4-membered cyclic amide) rings is 2. The lowest BCUT2D eigenvalue weighted by Crippen LogP contribution is -2.80. The molecule has 6 nitrogen and oxygen atoms in total. The van der Waals surface area contributed by atoms with E-state index in [1.54, 1.807) is 26.8 Å². The van der Waals surface area contributed by atoms with Crippen LogP contribution in [0.4, 0.5) is 17.1 Å². The Bertz CT molecular complexity index is 1440. The number of nitrogens with zero attached hydrogens (tertiary/aromatic N) is 3. The van der Waals surface area contributed by atoms with Gasteiger partial charge < -0.3 is 0 Å². The first-order chi connectivity index (χ1) is 17.1. The van der Waals surface area contributed by atoms with Gasteiger partial charge in [0.05, 0.1) is 16.5 Å². The van der Waals surface area contributed by atoms with Gasteiger partial charge in [-0.05, 0) is 70.2 Å². The summed E-state index contributed by atoms with van der Waals surface area (Å²) in [6.07, 6.45) is -0.566. The second kappa shape index (κ2) is 7.20. The Labute approximate surface area is 215 Å². The minimum atomic E-state index is -1.29. The zero-order chi connectivity index (χ0) is 25.6. The average molecular weight is 500 g/mol. The Morgan fingerprint density at radius 3 is 1.89 bits per heavy atom. The number of amides is 3. The van der Waals surface area contributed by atoms with Gasteiger partial charge in [-0.2, -0.15) is 0 Å². The first-order valence-corrected chi connectivity index (χ1v) is 12.4. The second-order valence-corrected chi connectivity index (χ2v) is 11.2. The largest absolute Gasteiger partial charge is 0.291 e. The van der Waals surface area contributed by atoms with Crippen molar-refractivity contribution in [2.75, 3.05) is 14.7 Å². The highest BCUT2D eigenvalue weighted by Gasteiger charge is 2.77. The lowest BCUT2D eigenvalue weighted by molar-refractivity contribution is -0.154. The summed E-state index contributed by atoms with van der Waals surface area (Å²) in [5.41, 5.74) is -0.434. The lowest BCUT2D eigenvalue weighted by atomic mass is 9.59. The zero-order valence-electron chi connectivity index (χ0n) is 20.5. The number of hydrogen-bond donors (Lipinski definition) is 0. The summed E-state index contributed by atoms with van der Waals surface area (Å²) in [7, 11) is 0. The smallest absolute Gasteiger partial charge is 0.260 e. The number of rotatable bonds is 3. The van der Waals surface area contributed by atoms with Gasteiger partial charge in [-0.3, -0.25) is 29.1 Å². The van der Waals surface area contributed by atoms with Gasteiger partial charge >= 0.3 is 0 Å². The first kappa shape index (κ1) is 22.8. The van der Waals surface area contributed by atoms with Crippen molar-refractivity contribution in [3.8, 4) is 0 Å². The Balaban J connectivity index is 1.58. The van der Waals surface area contributed by atoms with Crippen LogP contribution in [0.5, 0.6) is 0 Å². The van der Waals surface area contributed by atoms with Crippen molar-refractivity contribution in [2.24, 2.45) is 10.8 Å². The molecule has 0 saturated carbocycles. The van der Waals surface area contributed by atoms with Crippen molar-refractivity contribution in [1.82, 2.24) is 0 Å². The van der Waals surface area contributed by atoms with Crippen molar-refractivity contribution < 1.29 is 14.4 Å². The van der Waals surface area contributed by atoms with Gasteiger partial charge in [0.2, 0.25) is 11.8 Å². The predicted molar refractivity (Wildman–Crippen MR) is 140 cm³/mol. The van der Waals surface area contributed by atoms with E-state index in [4.69, 9.17) is 11.6 Å². The van der Waals surface area contributed by atoms with Crippen LogP contribution in [0, 0.1) is 10.8 Å². The Hall–Kier alpha value is -3.64. The summed E-state index contributed by atoms with van der Waals surface area (Å²) in [5, 5.41) is 0.481. The third kappa shape index (κ3) is 2.50. The molecule has 3 heterocycles. The molecule has 1 spiro atoms. The second-order valence-electron chi connectivity index (χ2n) is 10.8. The Morgan fingerprint density at radius 2 is 1.28 bits per heavy atom. The van der Waals surface area contributed by atoms with Crippen LogP contribution in [-0.2, 0) is 19.9 Å². The number of benzene rings is 3. The molecule has 36 heavy (non-hydrogen) atoms. The summed E-state index contributed by atoms with van der Waals surface area (Å²) in [4.78, 5) is 46.7. The first-order valence-electron chi connectivity index (χ1n) is 12.0. The van der Waals surface area contributed by atoms with Crippen molar-refractivity contribution in [1.29, 1.82) is 0 Å². The standard InChI is InChI=1S/C29H26ClN3O3/c1-27(2)23(31(24(27)34)19-11-7-5-8-12-19)32-22-16-15-18(30)17-21(22)29(26(32)36)28(3,4)25(35)33(29)20-13-9-6-10-14-20/h5-17,23H,1-4H3/t23-,29-/m1/s1. The third-order valence-corrected chi connectivity index (χ3v) is 8.30. The van der Waals surface area contributed by atoms with Crippen LogP contribution in [-0.4, -0.2) is 23.9 Å². The Morgan fingerprint density at radius 1 is 0.694 bits per heavy atom. The van der Waals surface area contributed by atoms with E-state index in [1.807, 2.05) is 94.4 Å². The SMILES string of the molecule is CC1(C)C(=O)N(c2ccccc2)[C@@H]1N1C(=O)[C@@]2(c3cc(Cl)ccc31)N(c1ccccc1)C(=O)C2(C)C. The van der Waals surface area contributed by atoms with Crippen molar-refractivity contribution in [2.45, 2.75) is 39.4 Å². The molecule has 2 atom stereocenters. The van der Waals surface area contributed by atoms with Gasteiger partial charge in [-0.25, -0.2) is 0 Å². The van der Waals surface area contributed by atoms with Gasteiger partial charge in [0, 0.05) is 22.0 Å². The fraction of sp³-hybridized carbons (Fsp3) is 0.276. The third-order valence-electron chi connectivity index (χ3n) is 8.07. The van der Waals surface area contributed by atoms with Crippen molar-refractivity contribution in [3.05, 3.63) is 89.4 Å². The van der Waals surface area contributed by atoms with Crippen LogP contribution in [0.2, 0.25) is 5.02 Å². The molecule has 3 aromatic carbocycles. The van der Waals surface area contributed by atoms with Crippen LogP contribution in [0.15, 0.2) is 78.9 Å². The van der Waals surface area contributed by atoms with Crippen LogP contribution in [0.25, 0.3) is 0 Å². The van der Waals surface area contributed by atoms with E-state index in [9.17, 15) is 14.4 Å². The normalized spacial score (nSPS) is 25.6. The van der Waals surface area contributed by atoms with E-state index < -0.39 is 22.5 Å². The van der Waals surface area contributed by atoms with E-state index in [2.05, 4.69) is 0 Å². The molecule has 3 aliphatic heterocycles. The van der Waals surface area contributed by atoms with Gasteiger partial charge in [0.25, 0.3) is 5.91 Å². The fourth-order valence-electron chi connectivity index (χ4n) is 6.24. The molecule has 0 radical (unpaired) electrons. The molecule has 3 amide bonds. The van der Waals surface area contributed by atoms with Gasteiger partial charge in [-0.1, -0.05) is 48.0 Å². The summed E-state index contributed by atoms with van der Waals surface area (Å²) in [5.74, 6) is -0.440. The van der Waals surface area contributed by atoms with E-state index in [1.165, 1.54) is 0 Å². The molecule has 0 N–H and O–H groups in total. The van der Waals surface area contributed by atoms with Gasteiger partial charge in [0.15, 0.2) is 5.54 Å². The lowest BCUT2D eigenvalue weighted by Gasteiger charge is -2.61. The van der Waals surface area contributed by atoms with Gasteiger partial charge in [0.1, 0.15) is 6.17 Å². The molecule has 2 saturated heterocycles. The van der Waals surface area contributed by atoms with Gasteiger partial charge in [-0.15, -0.1) is 0 Å². The zero-order valence-corrected chi connectivity index (χ0v) is 21.3. The monoisotopic (exact) mass is 499 g/mol. The molecule has 3 aromatic rings. The fourth-order valence-corrected chi connectivity index (χ4v) is 6.42. The maximum Gasteiger partial charge on any atom is 0.260 e. The highest BCUT2D eigenvalue weighted by molar-refractivity contribution is 6.32. The Kier molecular flexibility index (Phi) is 4.56. The van der Waals surface area contributed by atoms with E-state index in [0.29, 0.717) is 22.0 Å². The number of para-hydroxylation sites is 2. The van der Waals surface area contributed by atoms with E-state index >= 15 is 0 Å². The van der Waals surface area contributed by atoms with Crippen LogP contribution in [0.1, 0.15) is 33.3 Å². The summed E-state index contributed by atoms with van der Waals surface area (Å²) in [6, 6.07) is 24.0. The molecule has 3 aliphatic rings.